The maximum absolute atomic E-state index is 13.3. The summed E-state index contributed by atoms with van der Waals surface area (Å²) in [5.74, 6) is -1.43. The van der Waals surface area contributed by atoms with Crippen LogP contribution in [0.1, 0.15) is 46.0 Å². The smallest absolute Gasteiger partial charge is 0.387 e. The molecule has 10 nitrogen and oxygen atoms in total. The molecule has 3 aromatic rings. The van der Waals surface area contributed by atoms with Gasteiger partial charge in [0.1, 0.15) is 12.6 Å². The van der Waals surface area contributed by atoms with E-state index in [1.54, 1.807) is 18.2 Å². The number of pyridine rings is 1. The number of hydrogen-bond acceptors (Lipinski definition) is 8. The molecule has 0 bridgehead atoms. The van der Waals surface area contributed by atoms with Crippen molar-refractivity contribution >= 4 is 46.4 Å². The molecule has 44 heavy (non-hydrogen) atoms. The largest absolute Gasteiger partial charge is 0.489 e. The fourth-order valence-corrected chi connectivity index (χ4v) is 5.22. The van der Waals surface area contributed by atoms with E-state index >= 15 is 0 Å². The first-order valence-electron chi connectivity index (χ1n) is 13.3. The Hall–Kier alpha value is -3.36. The minimum Gasteiger partial charge on any atom is -0.489 e. The van der Waals surface area contributed by atoms with Gasteiger partial charge >= 0.3 is 18.6 Å². The molecule has 236 valence electrons. The Labute approximate surface area is 264 Å². The summed E-state index contributed by atoms with van der Waals surface area (Å²) in [6.07, 6.45) is 3.48. The summed E-state index contributed by atoms with van der Waals surface area (Å²) < 4.78 is 70.2. The van der Waals surface area contributed by atoms with Gasteiger partial charge in [-0.15, -0.1) is 0 Å². The molecule has 1 aromatic heterocycles. The van der Waals surface area contributed by atoms with Crippen LogP contribution < -0.4 is 9.47 Å². The molecule has 1 saturated carbocycles. The van der Waals surface area contributed by atoms with E-state index in [1.807, 2.05) is 0 Å². The van der Waals surface area contributed by atoms with Gasteiger partial charge in [0.25, 0.3) is 0 Å². The molecule has 0 spiro atoms. The van der Waals surface area contributed by atoms with Crippen LogP contribution in [-0.2, 0) is 38.5 Å². The Morgan fingerprint density at radius 3 is 2.45 bits per heavy atom. The predicted molar refractivity (Wildman–Crippen MR) is 157 cm³/mol. The quantitative estimate of drug-likeness (QED) is 0.152. The molecule has 0 radical (unpaired) electrons. The zero-order valence-corrected chi connectivity index (χ0v) is 25.6. The number of ether oxygens (including phenoxy) is 4. The second-order valence-corrected chi connectivity index (χ2v) is 11.6. The Balaban J connectivity index is 1.61. The molecular formula is C29H28Cl2F2N2O8S. The normalized spacial score (nSPS) is 14.3. The van der Waals surface area contributed by atoms with Crippen LogP contribution in [0.25, 0.3) is 0 Å². The Morgan fingerprint density at radius 1 is 1.11 bits per heavy atom. The summed E-state index contributed by atoms with van der Waals surface area (Å²) >= 11 is 10.0. The van der Waals surface area contributed by atoms with Gasteiger partial charge in [-0.2, -0.15) is 13.1 Å². The van der Waals surface area contributed by atoms with Crippen LogP contribution in [0, 0.1) is 5.92 Å². The highest BCUT2D eigenvalue weighted by Crippen LogP contribution is 2.38. The number of methoxy groups -OCH3 is 1. The van der Waals surface area contributed by atoms with Crippen molar-refractivity contribution in [1.82, 2.24) is 9.29 Å². The number of hydrogen-bond donors (Lipinski definition) is 1. The second-order valence-electron chi connectivity index (χ2n) is 9.78. The topological polar surface area (TPSA) is 124 Å². The monoisotopic (exact) mass is 672 g/mol. The molecule has 0 amide bonds. The number of benzene rings is 2. The predicted octanol–water partition coefficient (Wildman–Crippen LogP) is 6.03. The maximum atomic E-state index is 13.3. The van der Waals surface area contributed by atoms with Crippen molar-refractivity contribution in [2.45, 2.75) is 38.5 Å². The van der Waals surface area contributed by atoms with Crippen LogP contribution in [0.2, 0.25) is 10.0 Å². The number of esters is 2. The molecule has 1 fully saturated rings. The minimum absolute atomic E-state index is 0.0279. The summed E-state index contributed by atoms with van der Waals surface area (Å²) in [6.45, 7) is -3.74. The summed E-state index contributed by atoms with van der Waals surface area (Å²) in [4.78, 5) is 29.4. The molecule has 15 heteroatoms. The third kappa shape index (κ3) is 9.32. The minimum atomic E-state index is -3.10. The van der Waals surface area contributed by atoms with Crippen LogP contribution in [0.4, 0.5) is 8.78 Å². The van der Waals surface area contributed by atoms with Crippen molar-refractivity contribution in [2.24, 2.45) is 5.92 Å². The van der Waals surface area contributed by atoms with Gasteiger partial charge in [0.2, 0.25) is 11.3 Å². The summed E-state index contributed by atoms with van der Waals surface area (Å²) in [5, 5.41) is 0.387. The summed E-state index contributed by atoms with van der Waals surface area (Å²) in [7, 11) is 1.20. The van der Waals surface area contributed by atoms with E-state index in [-0.39, 0.29) is 40.1 Å². The van der Waals surface area contributed by atoms with Gasteiger partial charge in [-0.1, -0.05) is 47.5 Å². The van der Waals surface area contributed by atoms with Gasteiger partial charge in [0, 0.05) is 25.4 Å². The fourth-order valence-electron chi connectivity index (χ4n) is 4.23. The number of carbonyl (C=O) groups is 2. The van der Waals surface area contributed by atoms with Gasteiger partial charge in [-0.25, -0.2) is 9.00 Å². The number of carbonyl (C=O) groups excluding carboxylic acids is 2. The molecule has 2 unspecified atom stereocenters. The van der Waals surface area contributed by atoms with Crippen LogP contribution in [-0.4, -0.2) is 56.9 Å². The average molecular weight is 674 g/mol. The first-order valence-corrected chi connectivity index (χ1v) is 15.1. The molecule has 1 aliphatic rings. The average Bonchev–Trinajstić information content (AvgIpc) is 3.82. The number of halogens is 4. The summed E-state index contributed by atoms with van der Waals surface area (Å²) in [6, 6.07) is 10.4. The van der Waals surface area contributed by atoms with Gasteiger partial charge < -0.3 is 18.9 Å². The fraction of sp³-hybridized carbons (Fsp3) is 0.345. The number of alkyl halides is 2. The lowest BCUT2D eigenvalue weighted by Crippen LogP contribution is -2.33. The third-order valence-corrected chi connectivity index (χ3v) is 7.99. The van der Waals surface area contributed by atoms with E-state index in [9.17, 15) is 27.1 Å². The standard InChI is InChI=1S/C29H28Cl2F2N2O8S/c1-40-28(37)20-5-3-2-4-19(20)14-35(44(38)39)15-27(36)42-25(11-21-22(30)12-34-13-23(21)31)18-8-9-24(43-29(32)33)26(10-18)41-16-17-6-7-17/h2-5,8-10,12-13,17,25,29H,6-7,11,14-16H2,1H3,(H,38,39). The highest BCUT2D eigenvalue weighted by Gasteiger charge is 2.27. The van der Waals surface area contributed by atoms with Gasteiger partial charge in [-0.3, -0.25) is 14.3 Å². The van der Waals surface area contributed by atoms with Gasteiger partial charge in [0.05, 0.1) is 29.3 Å². The maximum Gasteiger partial charge on any atom is 0.387 e. The molecule has 2 aromatic carbocycles. The van der Waals surface area contributed by atoms with Crippen molar-refractivity contribution < 1.29 is 46.1 Å². The van der Waals surface area contributed by atoms with E-state index < -0.39 is 42.5 Å². The van der Waals surface area contributed by atoms with Crippen molar-refractivity contribution in [2.75, 3.05) is 20.3 Å². The number of rotatable bonds is 15. The number of aromatic nitrogens is 1. The van der Waals surface area contributed by atoms with Crippen molar-refractivity contribution in [3.05, 3.63) is 87.2 Å². The molecule has 2 atom stereocenters. The SMILES string of the molecule is COC(=O)c1ccccc1CN(CC(=O)OC(Cc1c(Cl)cncc1Cl)c1ccc(OC(F)F)c(OCC2CC2)c1)S(=O)O. The van der Waals surface area contributed by atoms with Crippen LogP contribution >= 0.6 is 23.2 Å². The van der Waals surface area contributed by atoms with E-state index in [0.29, 0.717) is 29.2 Å². The lowest BCUT2D eigenvalue weighted by atomic mass is 10.0. The Bertz CT molecular complexity index is 1490. The van der Waals surface area contributed by atoms with Crippen LogP contribution in [0.5, 0.6) is 11.5 Å². The Kier molecular flexibility index (Phi) is 11.9. The zero-order valence-electron chi connectivity index (χ0n) is 23.3. The summed E-state index contributed by atoms with van der Waals surface area (Å²) in [5.41, 5.74) is 1.23. The molecule has 0 aliphatic heterocycles. The van der Waals surface area contributed by atoms with E-state index in [2.05, 4.69) is 9.72 Å². The highest BCUT2D eigenvalue weighted by molar-refractivity contribution is 7.76. The lowest BCUT2D eigenvalue weighted by Gasteiger charge is -2.23. The lowest BCUT2D eigenvalue weighted by molar-refractivity contribution is -0.149. The molecule has 4 rings (SSSR count). The van der Waals surface area contributed by atoms with Crippen molar-refractivity contribution in [1.29, 1.82) is 0 Å². The molecule has 1 heterocycles. The van der Waals surface area contributed by atoms with E-state index in [1.165, 1.54) is 43.8 Å². The van der Waals surface area contributed by atoms with E-state index in [4.69, 9.17) is 37.4 Å². The molecular weight excluding hydrogens is 645 g/mol. The third-order valence-electron chi connectivity index (χ3n) is 6.64. The van der Waals surface area contributed by atoms with Crippen molar-refractivity contribution in [3.63, 3.8) is 0 Å². The number of nitrogens with zero attached hydrogens (tertiary/aromatic N) is 2. The van der Waals surface area contributed by atoms with E-state index in [0.717, 1.165) is 17.1 Å². The van der Waals surface area contributed by atoms with Crippen molar-refractivity contribution in [3.8, 4) is 11.5 Å². The molecule has 0 saturated heterocycles. The zero-order chi connectivity index (χ0) is 31.8. The first-order chi connectivity index (χ1) is 21.0. The second kappa shape index (κ2) is 15.6. The van der Waals surface area contributed by atoms with Gasteiger partial charge in [-0.05, 0) is 53.6 Å². The first kappa shape index (κ1) is 33.5. The molecule has 1 aliphatic carbocycles. The van der Waals surface area contributed by atoms with Gasteiger partial charge in [0.15, 0.2) is 11.5 Å². The van der Waals surface area contributed by atoms with Crippen LogP contribution in [0.15, 0.2) is 54.9 Å². The Morgan fingerprint density at radius 2 is 1.82 bits per heavy atom. The highest BCUT2D eigenvalue weighted by atomic mass is 35.5. The molecule has 1 N–H and O–H groups in total. The van der Waals surface area contributed by atoms with Crippen LogP contribution in [0.3, 0.4) is 0 Å².